The second kappa shape index (κ2) is 6.10. The molecular formula is C15H16ClNO2. The first-order chi connectivity index (χ1) is 9.17. The van der Waals surface area contributed by atoms with Crippen molar-refractivity contribution >= 4 is 17.5 Å². The number of amides is 1. The number of halogens is 1. The summed E-state index contributed by atoms with van der Waals surface area (Å²) in [6.07, 6.45) is 2.18. The van der Waals surface area contributed by atoms with Crippen molar-refractivity contribution in [3.05, 3.63) is 34.3 Å². The standard InChI is InChI=1S/C15H16ClNO2/c1-2-17(13-7-8-13)15(19)12-6-5-11(4-3-9-18)14(16)10-12/h5-6,10,13,18H,2,7-9H2,1H3. The average Bonchev–Trinajstić information content (AvgIpc) is 3.22. The van der Waals surface area contributed by atoms with Crippen molar-refractivity contribution in [2.45, 2.75) is 25.8 Å². The van der Waals surface area contributed by atoms with Crippen LogP contribution in [0.3, 0.4) is 0 Å². The Labute approximate surface area is 118 Å². The van der Waals surface area contributed by atoms with Crippen LogP contribution in [0.4, 0.5) is 0 Å². The Bertz CT molecular complexity index is 541. The Morgan fingerprint density at radius 2 is 2.26 bits per heavy atom. The van der Waals surface area contributed by atoms with Gasteiger partial charge in [-0.05, 0) is 38.0 Å². The van der Waals surface area contributed by atoms with Crippen LogP contribution in [0.1, 0.15) is 35.7 Å². The van der Waals surface area contributed by atoms with Crippen LogP contribution in [-0.2, 0) is 0 Å². The van der Waals surface area contributed by atoms with Gasteiger partial charge in [0.2, 0.25) is 0 Å². The number of nitrogens with zero attached hydrogens (tertiary/aromatic N) is 1. The van der Waals surface area contributed by atoms with E-state index in [0.717, 1.165) is 12.8 Å². The van der Waals surface area contributed by atoms with Gasteiger partial charge in [0.1, 0.15) is 6.61 Å². The van der Waals surface area contributed by atoms with E-state index in [1.165, 1.54) is 0 Å². The predicted molar refractivity (Wildman–Crippen MR) is 75.1 cm³/mol. The van der Waals surface area contributed by atoms with Gasteiger partial charge in [-0.3, -0.25) is 4.79 Å². The number of aliphatic hydroxyl groups excluding tert-OH is 1. The Morgan fingerprint density at radius 1 is 1.53 bits per heavy atom. The number of aliphatic hydroxyl groups is 1. The van der Waals surface area contributed by atoms with E-state index >= 15 is 0 Å². The molecule has 0 aromatic heterocycles. The Morgan fingerprint density at radius 3 is 2.79 bits per heavy atom. The van der Waals surface area contributed by atoms with Gasteiger partial charge in [0.05, 0.1) is 5.02 Å². The predicted octanol–water partition coefficient (Wildman–Crippen LogP) is 2.31. The maximum atomic E-state index is 12.3. The van der Waals surface area contributed by atoms with Gasteiger partial charge < -0.3 is 10.0 Å². The van der Waals surface area contributed by atoms with E-state index in [9.17, 15) is 4.79 Å². The summed E-state index contributed by atoms with van der Waals surface area (Å²) < 4.78 is 0. The van der Waals surface area contributed by atoms with E-state index < -0.39 is 0 Å². The minimum atomic E-state index is -0.206. The number of carbonyl (C=O) groups excluding carboxylic acids is 1. The summed E-state index contributed by atoms with van der Waals surface area (Å²) >= 11 is 6.10. The van der Waals surface area contributed by atoms with Gasteiger partial charge in [-0.15, -0.1) is 0 Å². The van der Waals surface area contributed by atoms with Crippen molar-refractivity contribution in [2.75, 3.05) is 13.2 Å². The topological polar surface area (TPSA) is 40.5 Å². The van der Waals surface area contributed by atoms with E-state index in [1.807, 2.05) is 11.8 Å². The molecule has 1 N–H and O–H groups in total. The molecule has 0 aliphatic heterocycles. The molecule has 4 heteroatoms. The molecule has 1 aliphatic carbocycles. The maximum Gasteiger partial charge on any atom is 0.254 e. The number of hydrogen-bond acceptors (Lipinski definition) is 2. The van der Waals surface area contributed by atoms with Crippen LogP contribution in [0.15, 0.2) is 18.2 Å². The third-order valence-electron chi connectivity index (χ3n) is 3.11. The summed E-state index contributed by atoms with van der Waals surface area (Å²) in [4.78, 5) is 14.2. The minimum absolute atomic E-state index is 0.0218. The summed E-state index contributed by atoms with van der Waals surface area (Å²) in [6, 6.07) is 5.50. The maximum absolute atomic E-state index is 12.3. The third-order valence-corrected chi connectivity index (χ3v) is 3.42. The van der Waals surface area contributed by atoms with Crippen LogP contribution < -0.4 is 0 Å². The van der Waals surface area contributed by atoms with Crippen LogP contribution >= 0.6 is 11.6 Å². The first-order valence-corrected chi connectivity index (χ1v) is 6.75. The molecular weight excluding hydrogens is 262 g/mol. The van der Waals surface area contributed by atoms with Gasteiger partial charge in [-0.25, -0.2) is 0 Å². The fraction of sp³-hybridized carbons (Fsp3) is 0.400. The summed E-state index contributed by atoms with van der Waals surface area (Å²) in [6.45, 7) is 2.49. The summed E-state index contributed by atoms with van der Waals surface area (Å²) in [5, 5.41) is 9.10. The molecule has 0 heterocycles. The third kappa shape index (κ3) is 3.28. The van der Waals surface area contributed by atoms with E-state index in [4.69, 9.17) is 16.7 Å². The van der Waals surface area contributed by atoms with Gasteiger partial charge >= 0.3 is 0 Å². The molecule has 100 valence electrons. The first kappa shape index (κ1) is 13.9. The fourth-order valence-electron chi connectivity index (χ4n) is 2.00. The second-order valence-electron chi connectivity index (χ2n) is 4.48. The van der Waals surface area contributed by atoms with Crippen molar-refractivity contribution in [1.82, 2.24) is 4.90 Å². The molecule has 0 spiro atoms. The van der Waals surface area contributed by atoms with Crippen LogP contribution in [-0.4, -0.2) is 35.1 Å². The number of rotatable bonds is 3. The summed E-state index contributed by atoms with van der Waals surface area (Å²) in [7, 11) is 0. The molecule has 1 saturated carbocycles. The molecule has 3 nitrogen and oxygen atoms in total. The van der Waals surface area contributed by atoms with Crippen LogP contribution in [0.2, 0.25) is 5.02 Å². The highest BCUT2D eigenvalue weighted by Gasteiger charge is 2.31. The number of hydrogen-bond donors (Lipinski definition) is 1. The Balaban J connectivity index is 2.21. The normalized spacial score (nSPS) is 13.6. The van der Waals surface area contributed by atoms with Gasteiger partial charge in [0.15, 0.2) is 0 Å². The molecule has 0 saturated heterocycles. The van der Waals surface area contributed by atoms with E-state index in [-0.39, 0.29) is 12.5 Å². The zero-order valence-electron chi connectivity index (χ0n) is 10.8. The molecule has 0 bridgehead atoms. The lowest BCUT2D eigenvalue weighted by atomic mass is 10.1. The van der Waals surface area contributed by atoms with Crippen LogP contribution in [0.5, 0.6) is 0 Å². The van der Waals surface area contributed by atoms with Crippen molar-refractivity contribution < 1.29 is 9.90 Å². The number of carbonyl (C=O) groups is 1. The Hall–Kier alpha value is -1.50. The molecule has 2 rings (SSSR count). The molecule has 1 aliphatic rings. The molecule has 0 radical (unpaired) electrons. The van der Waals surface area contributed by atoms with E-state index in [1.54, 1.807) is 18.2 Å². The highest BCUT2D eigenvalue weighted by molar-refractivity contribution is 6.32. The number of benzene rings is 1. The smallest absolute Gasteiger partial charge is 0.254 e. The lowest BCUT2D eigenvalue weighted by molar-refractivity contribution is 0.0752. The van der Waals surface area contributed by atoms with E-state index in [0.29, 0.717) is 28.7 Å². The molecule has 0 unspecified atom stereocenters. The van der Waals surface area contributed by atoms with Gasteiger partial charge in [-0.1, -0.05) is 23.4 Å². The highest BCUT2D eigenvalue weighted by atomic mass is 35.5. The van der Waals surface area contributed by atoms with Crippen LogP contribution in [0.25, 0.3) is 0 Å². The van der Waals surface area contributed by atoms with Gasteiger partial charge in [-0.2, -0.15) is 0 Å². The fourth-order valence-corrected chi connectivity index (χ4v) is 2.23. The molecule has 1 fully saturated rings. The summed E-state index contributed by atoms with van der Waals surface area (Å²) in [5.41, 5.74) is 1.22. The molecule has 1 amide bonds. The summed E-state index contributed by atoms with van der Waals surface area (Å²) in [5.74, 6) is 5.31. The monoisotopic (exact) mass is 277 g/mol. The van der Waals surface area contributed by atoms with Gasteiger partial charge in [0, 0.05) is 23.7 Å². The van der Waals surface area contributed by atoms with Gasteiger partial charge in [0.25, 0.3) is 5.91 Å². The van der Waals surface area contributed by atoms with E-state index in [2.05, 4.69) is 11.8 Å². The van der Waals surface area contributed by atoms with Crippen molar-refractivity contribution in [1.29, 1.82) is 0 Å². The lowest BCUT2D eigenvalue weighted by Gasteiger charge is -2.20. The molecule has 1 aromatic carbocycles. The highest BCUT2D eigenvalue weighted by Crippen LogP contribution is 2.28. The lowest BCUT2D eigenvalue weighted by Crippen LogP contribution is -2.32. The van der Waals surface area contributed by atoms with Crippen molar-refractivity contribution in [3.63, 3.8) is 0 Å². The Kier molecular flexibility index (Phi) is 4.47. The van der Waals surface area contributed by atoms with Crippen molar-refractivity contribution in [2.24, 2.45) is 0 Å². The molecule has 1 aromatic rings. The quantitative estimate of drug-likeness (QED) is 0.862. The van der Waals surface area contributed by atoms with Crippen LogP contribution in [0, 0.1) is 11.8 Å². The SMILES string of the molecule is CCN(C(=O)c1ccc(C#CCO)c(Cl)c1)C1CC1. The zero-order valence-corrected chi connectivity index (χ0v) is 11.6. The largest absolute Gasteiger partial charge is 0.384 e. The molecule has 19 heavy (non-hydrogen) atoms. The minimum Gasteiger partial charge on any atom is -0.384 e. The second-order valence-corrected chi connectivity index (χ2v) is 4.88. The van der Waals surface area contributed by atoms with Crippen molar-refractivity contribution in [3.8, 4) is 11.8 Å². The molecule has 0 atom stereocenters. The zero-order chi connectivity index (χ0) is 13.8. The first-order valence-electron chi connectivity index (χ1n) is 6.37. The average molecular weight is 278 g/mol.